The van der Waals surface area contributed by atoms with Crippen LogP contribution in [0.3, 0.4) is 0 Å². The number of benzene rings is 2. The van der Waals surface area contributed by atoms with Gasteiger partial charge < -0.3 is 14.8 Å². The Balaban J connectivity index is 1.93. The third-order valence-electron chi connectivity index (χ3n) is 3.44. The Morgan fingerprint density at radius 2 is 1.88 bits per heavy atom. The third kappa shape index (κ3) is 6.27. The first-order valence-corrected chi connectivity index (χ1v) is 8.52. The fourth-order valence-electron chi connectivity index (χ4n) is 2.35. The van der Waals surface area contributed by atoms with Gasteiger partial charge in [-0.1, -0.05) is 22.0 Å². The van der Waals surface area contributed by atoms with Gasteiger partial charge in [0.1, 0.15) is 0 Å². The first-order valence-electron chi connectivity index (χ1n) is 7.73. The predicted octanol–water partition coefficient (Wildman–Crippen LogP) is 4.13. The zero-order valence-electron chi connectivity index (χ0n) is 14.3. The van der Waals surface area contributed by atoms with Crippen molar-refractivity contribution in [2.45, 2.75) is 13.2 Å². The van der Waals surface area contributed by atoms with Crippen LogP contribution in [0.25, 0.3) is 0 Å². The summed E-state index contributed by atoms with van der Waals surface area (Å²) in [5.74, 6) is 0.0387. The number of carbonyl (C=O) groups is 1. The molecule has 0 unspecified atom stereocenters. The highest BCUT2D eigenvalue weighted by Gasteiger charge is 2.13. The SMILES string of the molecule is COc1cc(CN(C)CC(=O)Nc2ccc(Br)cc2)ccc1OC(F)F. The largest absolute Gasteiger partial charge is 0.493 e. The lowest BCUT2D eigenvalue weighted by atomic mass is 10.2. The highest BCUT2D eigenvalue weighted by Crippen LogP contribution is 2.29. The summed E-state index contributed by atoms with van der Waals surface area (Å²) in [6.45, 7) is -2.30. The Bertz CT molecular complexity index is 742. The second-order valence-corrected chi connectivity index (χ2v) is 6.51. The van der Waals surface area contributed by atoms with Crippen LogP contribution in [0.15, 0.2) is 46.9 Å². The third-order valence-corrected chi connectivity index (χ3v) is 3.97. The van der Waals surface area contributed by atoms with E-state index in [1.807, 2.05) is 12.1 Å². The minimum absolute atomic E-state index is 0.0260. The second kappa shape index (κ2) is 9.49. The monoisotopic (exact) mass is 428 g/mol. The summed E-state index contributed by atoms with van der Waals surface area (Å²) in [6.07, 6.45) is 0. The average Bonchev–Trinajstić information content (AvgIpc) is 2.57. The summed E-state index contributed by atoms with van der Waals surface area (Å²) in [6, 6.07) is 12.0. The number of nitrogens with one attached hydrogen (secondary N) is 1. The highest BCUT2D eigenvalue weighted by atomic mass is 79.9. The minimum Gasteiger partial charge on any atom is -0.493 e. The van der Waals surface area contributed by atoms with Crippen LogP contribution in [0, 0.1) is 0 Å². The van der Waals surface area contributed by atoms with Gasteiger partial charge in [0.05, 0.1) is 13.7 Å². The van der Waals surface area contributed by atoms with Gasteiger partial charge in [-0.15, -0.1) is 0 Å². The number of likely N-dealkylation sites (N-methyl/N-ethyl adjacent to an activating group) is 1. The normalized spacial score (nSPS) is 10.9. The van der Waals surface area contributed by atoms with Crippen LogP contribution >= 0.6 is 15.9 Å². The molecular formula is C18H19BrF2N2O3. The van der Waals surface area contributed by atoms with Gasteiger partial charge in [0, 0.05) is 16.7 Å². The number of nitrogens with zero attached hydrogens (tertiary/aromatic N) is 1. The fourth-order valence-corrected chi connectivity index (χ4v) is 2.61. The Hall–Kier alpha value is -2.19. The van der Waals surface area contributed by atoms with Crippen molar-refractivity contribution in [1.29, 1.82) is 0 Å². The number of rotatable bonds is 8. The van der Waals surface area contributed by atoms with Gasteiger partial charge in [0.15, 0.2) is 11.5 Å². The van der Waals surface area contributed by atoms with Gasteiger partial charge >= 0.3 is 6.61 Å². The van der Waals surface area contributed by atoms with Crippen molar-refractivity contribution in [3.63, 3.8) is 0 Å². The molecule has 2 aromatic carbocycles. The standard InChI is InChI=1S/C18H19BrF2N2O3/c1-23(11-17(24)22-14-6-4-13(19)5-7-14)10-12-3-8-15(26-18(20)21)16(9-12)25-2/h3-9,18H,10-11H2,1-2H3,(H,22,24). The smallest absolute Gasteiger partial charge is 0.387 e. The summed E-state index contributed by atoms with van der Waals surface area (Å²) in [7, 11) is 3.17. The number of methoxy groups -OCH3 is 1. The van der Waals surface area contributed by atoms with E-state index in [1.54, 1.807) is 36.2 Å². The van der Waals surface area contributed by atoms with Gasteiger partial charge in [0.25, 0.3) is 0 Å². The highest BCUT2D eigenvalue weighted by molar-refractivity contribution is 9.10. The van der Waals surface area contributed by atoms with E-state index >= 15 is 0 Å². The summed E-state index contributed by atoms with van der Waals surface area (Å²) in [4.78, 5) is 13.9. The molecule has 0 aliphatic carbocycles. The molecule has 1 amide bonds. The summed E-state index contributed by atoms with van der Waals surface area (Å²) in [5.41, 5.74) is 1.52. The zero-order valence-corrected chi connectivity index (χ0v) is 15.9. The molecule has 0 saturated heterocycles. The number of carbonyl (C=O) groups excluding carboxylic acids is 1. The molecule has 2 aromatic rings. The van der Waals surface area contributed by atoms with Crippen LogP contribution in [-0.4, -0.2) is 38.1 Å². The van der Waals surface area contributed by atoms with E-state index < -0.39 is 6.61 Å². The van der Waals surface area contributed by atoms with E-state index in [-0.39, 0.29) is 24.0 Å². The molecule has 1 N–H and O–H groups in total. The first-order chi connectivity index (χ1) is 12.4. The molecule has 0 bridgehead atoms. The lowest BCUT2D eigenvalue weighted by Crippen LogP contribution is -2.29. The molecule has 0 radical (unpaired) electrons. The number of halogens is 3. The Morgan fingerprint density at radius 3 is 2.50 bits per heavy atom. The molecule has 0 aliphatic rings. The molecule has 0 atom stereocenters. The van der Waals surface area contributed by atoms with Crippen molar-refractivity contribution in [2.75, 3.05) is 26.0 Å². The molecule has 140 valence electrons. The van der Waals surface area contributed by atoms with E-state index in [0.29, 0.717) is 12.2 Å². The van der Waals surface area contributed by atoms with Crippen LogP contribution in [0.2, 0.25) is 0 Å². The van der Waals surface area contributed by atoms with E-state index in [1.165, 1.54) is 13.2 Å². The predicted molar refractivity (Wildman–Crippen MR) is 98.7 cm³/mol. The van der Waals surface area contributed by atoms with Crippen LogP contribution in [0.4, 0.5) is 14.5 Å². The molecule has 5 nitrogen and oxygen atoms in total. The van der Waals surface area contributed by atoms with Crippen LogP contribution in [0.5, 0.6) is 11.5 Å². The van der Waals surface area contributed by atoms with E-state index in [4.69, 9.17) is 4.74 Å². The summed E-state index contributed by atoms with van der Waals surface area (Å²) in [5, 5.41) is 2.81. The number of hydrogen-bond donors (Lipinski definition) is 1. The Morgan fingerprint density at radius 1 is 1.19 bits per heavy atom. The van der Waals surface area contributed by atoms with E-state index in [9.17, 15) is 13.6 Å². The topological polar surface area (TPSA) is 50.8 Å². The summed E-state index contributed by atoms with van der Waals surface area (Å²) >= 11 is 3.34. The number of anilines is 1. The van der Waals surface area contributed by atoms with Gasteiger partial charge in [-0.2, -0.15) is 8.78 Å². The van der Waals surface area contributed by atoms with Crippen molar-refractivity contribution in [3.05, 3.63) is 52.5 Å². The number of alkyl halides is 2. The molecule has 0 spiro atoms. The lowest BCUT2D eigenvalue weighted by Gasteiger charge is -2.18. The van der Waals surface area contributed by atoms with Crippen molar-refractivity contribution in [2.24, 2.45) is 0 Å². The molecule has 8 heteroatoms. The van der Waals surface area contributed by atoms with Gasteiger partial charge in [-0.3, -0.25) is 9.69 Å². The van der Waals surface area contributed by atoms with Crippen molar-refractivity contribution in [3.8, 4) is 11.5 Å². The molecular weight excluding hydrogens is 410 g/mol. The number of hydrogen-bond acceptors (Lipinski definition) is 4. The van der Waals surface area contributed by atoms with Crippen molar-refractivity contribution < 1.29 is 23.0 Å². The maximum absolute atomic E-state index is 12.4. The number of amides is 1. The van der Waals surface area contributed by atoms with Crippen molar-refractivity contribution in [1.82, 2.24) is 4.90 Å². The first kappa shape index (κ1) is 20.1. The van der Waals surface area contributed by atoms with Gasteiger partial charge in [-0.25, -0.2) is 0 Å². The maximum atomic E-state index is 12.4. The Kier molecular flexibility index (Phi) is 7.35. The molecule has 0 aromatic heterocycles. The Labute approximate surface area is 159 Å². The molecule has 0 saturated carbocycles. The summed E-state index contributed by atoms with van der Waals surface area (Å²) < 4.78 is 35.1. The second-order valence-electron chi connectivity index (χ2n) is 5.59. The molecule has 0 heterocycles. The molecule has 0 fully saturated rings. The minimum atomic E-state index is -2.92. The van der Waals surface area contributed by atoms with Crippen molar-refractivity contribution >= 4 is 27.5 Å². The van der Waals surface area contributed by atoms with Crippen LogP contribution < -0.4 is 14.8 Å². The average molecular weight is 429 g/mol. The van der Waals surface area contributed by atoms with E-state index in [0.717, 1.165) is 10.0 Å². The van der Waals surface area contributed by atoms with Crippen LogP contribution in [-0.2, 0) is 11.3 Å². The molecule has 26 heavy (non-hydrogen) atoms. The number of ether oxygens (including phenoxy) is 2. The maximum Gasteiger partial charge on any atom is 0.387 e. The molecule has 2 rings (SSSR count). The van der Waals surface area contributed by atoms with E-state index in [2.05, 4.69) is 26.0 Å². The van der Waals surface area contributed by atoms with Gasteiger partial charge in [0.2, 0.25) is 5.91 Å². The van der Waals surface area contributed by atoms with Crippen LogP contribution in [0.1, 0.15) is 5.56 Å². The lowest BCUT2D eigenvalue weighted by molar-refractivity contribution is -0.117. The quantitative estimate of drug-likeness (QED) is 0.686. The zero-order chi connectivity index (χ0) is 19.1. The molecule has 0 aliphatic heterocycles. The van der Waals surface area contributed by atoms with Gasteiger partial charge in [-0.05, 0) is 49.0 Å². The fraction of sp³-hybridized carbons (Fsp3) is 0.278.